The summed E-state index contributed by atoms with van der Waals surface area (Å²) in [7, 11) is 0. The maximum atomic E-state index is 12.5. The van der Waals surface area contributed by atoms with Gasteiger partial charge in [-0.3, -0.25) is 14.4 Å². The van der Waals surface area contributed by atoms with Gasteiger partial charge in [-0.05, 0) is 44.9 Å². The van der Waals surface area contributed by atoms with Gasteiger partial charge < -0.3 is 14.2 Å². The lowest BCUT2D eigenvalue weighted by molar-refractivity contribution is -0.166. The van der Waals surface area contributed by atoms with Crippen LogP contribution in [0.15, 0.2) is 48.6 Å². The zero-order chi connectivity index (χ0) is 34.5. The topological polar surface area (TPSA) is 78.9 Å². The van der Waals surface area contributed by atoms with Crippen molar-refractivity contribution in [3.05, 3.63) is 48.6 Å². The molecule has 0 aromatic carbocycles. The van der Waals surface area contributed by atoms with E-state index in [-0.39, 0.29) is 37.5 Å². The Morgan fingerprint density at radius 2 is 0.830 bits per heavy atom. The van der Waals surface area contributed by atoms with Crippen LogP contribution in [0.2, 0.25) is 0 Å². The smallest absolute Gasteiger partial charge is 0.306 e. The number of carbonyl (C=O) groups is 3. The number of ether oxygens (including phenoxy) is 3. The van der Waals surface area contributed by atoms with E-state index in [0.717, 1.165) is 64.2 Å². The third-order valence-electron chi connectivity index (χ3n) is 7.86. The molecule has 0 aliphatic carbocycles. The highest BCUT2D eigenvalue weighted by molar-refractivity contribution is 5.71. The summed E-state index contributed by atoms with van der Waals surface area (Å²) in [5, 5.41) is 0. The molecule has 270 valence electrons. The maximum Gasteiger partial charge on any atom is 0.306 e. The zero-order valence-corrected chi connectivity index (χ0v) is 30.5. The summed E-state index contributed by atoms with van der Waals surface area (Å²) in [5.41, 5.74) is 0. The summed E-state index contributed by atoms with van der Waals surface area (Å²) in [6.07, 6.45) is 39.8. The Hall–Kier alpha value is -2.63. The fraction of sp³-hybridized carbons (Fsp3) is 0.732. The Kier molecular flexibility index (Phi) is 34.2. The third-order valence-corrected chi connectivity index (χ3v) is 7.86. The molecule has 0 radical (unpaired) electrons. The highest BCUT2D eigenvalue weighted by Gasteiger charge is 2.19. The van der Waals surface area contributed by atoms with Gasteiger partial charge in [0.25, 0.3) is 0 Å². The standard InChI is InChI=1S/C41H70O6/c1-4-7-10-13-16-19-20-21-22-23-26-28-31-34-40(43)46-37-38(47-41(44)35-32-29-25-18-15-12-9-6-3)36-45-39(42)33-30-27-24-17-14-11-8-5-2/h7,10,16,19,21-22,26,28,38H,4-6,8-9,11-15,17-18,20,23-25,27,29-37H2,1-3H3/b10-7-,19-16-,22-21-,28-26-. The van der Waals surface area contributed by atoms with E-state index in [1.54, 1.807) is 0 Å². The number of rotatable bonds is 33. The summed E-state index contributed by atoms with van der Waals surface area (Å²) >= 11 is 0. The number of carbonyl (C=O) groups excluding carboxylic acids is 3. The first-order valence-electron chi connectivity index (χ1n) is 19.1. The molecule has 0 aliphatic rings. The Morgan fingerprint density at radius 1 is 0.447 bits per heavy atom. The van der Waals surface area contributed by atoms with Gasteiger partial charge in [0.15, 0.2) is 6.10 Å². The lowest BCUT2D eigenvalue weighted by atomic mass is 10.1. The lowest BCUT2D eigenvalue weighted by Gasteiger charge is -2.18. The Labute approximate surface area is 288 Å². The predicted octanol–water partition coefficient (Wildman–Crippen LogP) is 11.6. The van der Waals surface area contributed by atoms with Crippen molar-refractivity contribution >= 4 is 17.9 Å². The van der Waals surface area contributed by atoms with Crippen LogP contribution < -0.4 is 0 Å². The van der Waals surface area contributed by atoms with E-state index in [4.69, 9.17) is 14.2 Å². The molecule has 0 N–H and O–H groups in total. The van der Waals surface area contributed by atoms with E-state index in [2.05, 4.69) is 57.2 Å². The average molecular weight is 659 g/mol. The molecule has 0 fully saturated rings. The molecule has 0 saturated heterocycles. The van der Waals surface area contributed by atoms with Gasteiger partial charge in [-0.2, -0.15) is 0 Å². The molecular formula is C41H70O6. The molecule has 6 nitrogen and oxygen atoms in total. The van der Waals surface area contributed by atoms with Crippen LogP contribution in [0, 0.1) is 0 Å². The van der Waals surface area contributed by atoms with Crippen molar-refractivity contribution in [3.63, 3.8) is 0 Å². The van der Waals surface area contributed by atoms with E-state index in [1.807, 2.05) is 12.2 Å². The van der Waals surface area contributed by atoms with Crippen molar-refractivity contribution in [2.75, 3.05) is 13.2 Å². The number of hydrogen-bond acceptors (Lipinski definition) is 6. The minimum absolute atomic E-state index is 0.0941. The summed E-state index contributed by atoms with van der Waals surface area (Å²) in [6, 6.07) is 0. The number of unbranched alkanes of at least 4 members (excludes halogenated alkanes) is 14. The van der Waals surface area contributed by atoms with Gasteiger partial charge >= 0.3 is 17.9 Å². The first-order valence-corrected chi connectivity index (χ1v) is 19.1. The predicted molar refractivity (Wildman–Crippen MR) is 196 cm³/mol. The van der Waals surface area contributed by atoms with Crippen molar-refractivity contribution in [2.45, 2.75) is 181 Å². The zero-order valence-electron chi connectivity index (χ0n) is 30.5. The fourth-order valence-corrected chi connectivity index (χ4v) is 4.98. The largest absolute Gasteiger partial charge is 0.462 e. The first-order chi connectivity index (χ1) is 23.0. The SMILES string of the molecule is CC/C=C\C/C=C\C/C=C\C/C=C\CCC(=O)OCC(COC(=O)CCCCCCCCCC)OC(=O)CCCCCCCCCC. The second-order valence-electron chi connectivity index (χ2n) is 12.5. The summed E-state index contributed by atoms with van der Waals surface area (Å²) in [5.74, 6) is -0.997. The first kappa shape index (κ1) is 44.4. The van der Waals surface area contributed by atoms with Crippen molar-refractivity contribution in [3.8, 4) is 0 Å². The van der Waals surface area contributed by atoms with E-state index < -0.39 is 6.10 Å². The number of esters is 3. The van der Waals surface area contributed by atoms with Gasteiger partial charge in [-0.25, -0.2) is 0 Å². The molecule has 0 rings (SSSR count). The Morgan fingerprint density at radius 3 is 1.30 bits per heavy atom. The van der Waals surface area contributed by atoms with E-state index in [0.29, 0.717) is 19.3 Å². The number of allylic oxidation sites excluding steroid dienone is 8. The third kappa shape index (κ3) is 34.5. The minimum atomic E-state index is -0.791. The maximum absolute atomic E-state index is 12.5. The van der Waals surface area contributed by atoms with Crippen molar-refractivity contribution < 1.29 is 28.6 Å². The highest BCUT2D eigenvalue weighted by Crippen LogP contribution is 2.12. The fourth-order valence-electron chi connectivity index (χ4n) is 4.98. The molecule has 0 heterocycles. The van der Waals surface area contributed by atoms with Crippen LogP contribution in [-0.4, -0.2) is 37.2 Å². The average Bonchev–Trinajstić information content (AvgIpc) is 3.06. The van der Waals surface area contributed by atoms with Gasteiger partial charge in [0.2, 0.25) is 0 Å². The lowest BCUT2D eigenvalue weighted by Crippen LogP contribution is -2.30. The molecular weight excluding hydrogens is 588 g/mol. The molecule has 0 saturated carbocycles. The normalized spacial score (nSPS) is 12.5. The van der Waals surface area contributed by atoms with Gasteiger partial charge in [0.1, 0.15) is 13.2 Å². The van der Waals surface area contributed by atoms with Gasteiger partial charge in [0.05, 0.1) is 0 Å². The van der Waals surface area contributed by atoms with Crippen LogP contribution in [0.3, 0.4) is 0 Å². The molecule has 0 aromatic rings. The molecule has 0 aromatic heterocycles. The highest BCUT2D eigenvalue weighted by atomic mass is 16.6. The van der Waals surface area contributed by atoms with Crippen LogP contribution in [0.4, 0.5) is 0 Å². The quantitative estimate of drug-likeness (QED) is 0.0302. The molecule has 6 heteroatoms. The van der Waals surface area contributed by atoms with E-state index in [1.165, 1.54) is 64.2 Å². The van der Waals surface area contributed by atoms with E-state index in [9.17, 15) is 14.4 Å². The van der Waals surface area contributed by atoms with Crippen LogP contribution in [0.25, 0.3) is 0 Å². The molecule has 1 atom stereocenters. The van der Waals surface area contributed by atoms with Crippen molar-refractivity contribution in [1.82, 2.24) is 0 Å². The molecule has 1 unspecified atom stereocenters. The summed E-state index contributed by atoms with van der Waals surface area (Å²) in [4.78, 5) is 37.3. The number of hydrogen-bond donors (Lipinski definition) is 0. The van der Waals surface area contributed by atoms with Gasteiger partial charge in [-0.15, -0.1) is 0 Å². The van der Waals surface area contributed by atoms with Crippen LogP contribution in [-0.2, 0) is 28.6 Å². The van der Waals surface area contributed by atoms with Crippen LogP contribution >= 0.6 is 0 Å². The molecule has 0 amide bonds. The molecule has 47 heavy (non-hydrogen) atoms. The second kappa shape index (κ2) is 36.2. The minimum Gasteiger partial charge on any atom is -0.462 e. The van der Waals surface area contributed by atoms with Crippen LogP contribution in [0.1, 0.15) is 175 Å². The molecule has 0 aliphatic heterocycles. The molecule has 0 bridgehead atoms. The Balaban J connectivity index is 4.46. The second-order valence-corrected chi connectivity index (χ2v) is 12.5. The molecule has 0 spiro atoms. The Bertz CT molecular complexity index is 856. The summed E-state index contributed by atoms with van der Waals surface area (Å²) < 4.78 is 16.5. The van der Waals surface area contributed by atoms with Crippen molar-refractivity contribution in [2.24, 2.45) is 0 Å². The van der Waals surface area contributed by atoms with E-state index >= 15 is 0 Å². The van der Waals surface area contributed by atoms with Gasteiger partial charge in [0, 0.05) is 19.3 Å². The summed E-state index contributed by atoms with van der Waals surface area (Å²) in [6.45, 7) is 6.36. The van der Waals surface area contributed by atoms with Crippen LogP contribution in [0.5, 0.6) is 0 Å². The van der Waals surface area contributed by atoms with Crippen molar-refractivity contribution in [1.29, 1.82) is 0 Å². The monoisotopic (exact) mass is 659 g/mol. The van der Waals surface area contributed by atoms with Gasteiger partial charge in [-0.1, -0.05) is 159 Å².